The number of aliphatic hydroxyl groups excluding tert-OH is 1. The minimum absolute atomic E-state index is 0.290. The van der Waals surface area contributed by atoms with Crippen molar-refractivity contribution in [3.8, 4) is 5.75 Å². The van der Waals surface area contributed by atoms with Crippen LogP contribution in [-0.4, -0.2) is 24.7 Å². The number of halogens is 2. The lowest BCUT2D eigenvalue weighted by Gasteiger charge is -2.09. The number of hydrogen-bond acceptors (Lipinski definition) is 3. The Balaban J connectivity index is 3.00. The zero-order valence-electron chi connectivity index (χ0n) is 7.88. The van der Waals surface area contributed by atoms with Gasteiger partial charge in [-0.05, 0) is 6.07 Å². The van der Waals surface area contributed by atoms with E-state index in [2.05, 4.69) is 5.32 Å². The molecular formula is C9H9Cl2NO3. The van der Waals surface area contributed by atoms with Gasteiger partial charge >= 0.3 is 0 Å². The maximum Gasteiger partial charge on any atom is 0.250 e. The average Bonchev–Trinajstić information content (AvgIpc) is 2.22. The minimum atomic E-state index is -0.611. The molecule has 2 N–H and O–H groups in total. The van der Waals surface area contributed by atoms with Crippen LogP contribution >= 0.6 is 23.2 Å². The Morgan fingerprint density at radius 2 is 2.13 bits per heavy atom. The first-order valence-electron chi connectivity index (χ1n) is 4.02. The van der Waals surface area contributed by atoms with Crippen molar-refractivity contribution in [2.45, 2.75) is 0 Å². The number of carbonyl (C=O) groups is 1. The SMILES string of the molecule is COc1cc(Cl)c(NC(=O)CO)cc1Cl. The first-order chi connectivity index (χ1) is 7.08. The van der Waals surface area contributed by atoms with Crippen LogP contribution in [0.15, 0.2) is 12.1 Å². The average molecular weight is 250 g/mol. The second-order valence-corrected chi connectivity index (χ2v) is 3.49. The summed E-state index contributed by atoms with van der Waals surface area (Å²) in [6, 6.07) is 2.94. The summed E-state index contributed by atoms with van der Waals surface area (Å²) >= 11 is 11.7. The van der Waals surface area contributed by atoms with E-state index in [9.17, 15) is 4.79 Å². The van der Waals surface area contributed by atoms with E-state index in [-0.39, 0.29) is 5.02 Å². The van der Waals surface area contributed by atoms with E-state index in [0.29, 0.717) is 16.5 Å². The van der Waals surface area contributed by atoms with E-state index >= 15 is 0 Å². The number of nitrogens with one attached hydrogen (secondary N) is 1. The van der Waals surface area contributed by atoms with Crippen LogP contribution in [-0.2, 0) is 4.79 Å². The fourth-order valence-electron chi connectivity index (χ4n) is 0.971. The summed E-state index contributed by atoms with van der Waals surface area (Å²) in [5, 5.41) is 11.6. The molecule has 1 amide bonds. The molecule has 0 unspecified atom stereocenters. The van der Waals surface area contributed by atoms with Gasteiger partial charge in [0.2, 0.25) is 5.91 Å². The number of methoxy groups -OCH3 is 1. The quantitative estimate of drug-likeness (QED) is 0.861. The lowest BCUT2D eigenvalue weighted by atomic mass is 10.3. The third-order valence-corrected chi connectivity index (χ3v) is 2.27. The fraction of sp³-hybridized carbons (Fsp3) is 0.222. The summed E-state index contributed by atoms with van der Waals surface area (Å²) in [5.41, 5.74) is 0.335. The Morgan fingerprint density at radius 3 is 2.67 bits per heavy atom. The standard InChI is InChI=1S/C9H9Cl2NO3/c1-15-8-3-5(10)7(2-6(8)11)12-9(14)4-13/h2-3,13H,4H2,1H3,(H,12,14). The van der Waals surface area contributed by atoms with E-state index in [1.54, 1.807) is 0 Å². The van der Waals surface area contributed by atoms with Gasteiger partial charge in [-0.3, -0.25) is 4.79 Å². The van der Waals surface area contributed by atoms with Crippen molar-refractivity contribution in [3.63, 3.8) is 0 Å². The second kappa shape index (κ2) is 5.21. The van der Waals surface area contributed by atoms with Crippen LogP contribution in [0.4, 0.5) is 5.69 Å². The molecule has 0 atom stereocenters. The normalized spacial score (nSPS) is 9.87. The topological polar surface area (TPSA) is 58.6 Å². The highest BCUT2D eigenvalue weighted by molar-refractivity contribution is 6.36. The number of anilines is 1. The van der Waals surface area contributed by atoms with Crippen molar-refractivity contribution in [2.75, 3.05) is 19.0 Å². The van der Waals surface area contributed by atoms with Gasteiger partial charge in [0.15, 0.2) is 0 Å². The zero-order chi connectivity index (χ0) is 11.4. The van der Waals surface area contributed by atoms with Gasteiger partial charge in [0, 0.05) is 6.07 Å². The molecule has 0 aliphatic heterocycles. The zero-order valence-corrected chi connectivity index (χ0v) is 9.39. The van der Waals surface area contributed by atoms with Gasteiger partial charge in [-0.2, -0.15) is 0 Å². The summed E-state index contributed by atoms with van der Waals surface area (Å²) in [5.74, 6) is -0.137. The summed E-state index contributed by atoms with van der Waals surface area (Å²) in [7, 11) is 1.46. The predicted molar refractivity (Wildman–Crippen MR) is 58.7 cm³/mol. The van der Waals surface area contributed by atoms with Gasteiger partial charge in [0.1, 0.15) is 12.4 Å². The first kappa shape index (κ1) is 12.1. The number of amides is 1. The summed E-state index contributed by atoms with van der Waals surface area (Å²) in [4.78, 5) is 10.9. The number of ether oxygens (including phenoxy) is 1. The third kappa shape index (κ3) is 2.99. The molecule has 1 rings (SSSR count). The molecule has 0 saturated heterocycles. The molecule has 0 bridgehead atoms. The van der Waals surface area contributed by atoms with Crippen molar-refractivity contribution < 1.29 is 14.6 Å². The van der Waals surface area contributed by atoms with E-state index in [1.165, 1.54) is 19.2 Å². The molecule has 4 nitrogen and oxygen atoms in total. The molecule has 1 aromatic carbocycles. The molecule has 1 aromatic rings. The molecule has 0 aliphatic rings. The Morgan fingerprint density at radius 1 is 1.47 bits per heavy atom. The Labute approximate surface area is 96.8 Å². The monoisotopic (exact) mass is 249 g/mol. The molecule has 6 heteroatoms. The molecule has 0 saturated carbocycles. The number of benzene rings is 1. The number of hydrogen-bond donors (Lipinski definition) is 2. The lowest BCUT2D eigenvalue weighted by molar-refractivity contribution is -0.118. The van der Waals surface area contributed by atoms with E-state index in [4.69, 9.17) is 33.0 Å². The number of rotatable bonds is 3. The maximum atomic E-state index is 10.9. The van der Waals surface area contributed by atoms with E-state index in [1.807, 2.05) is 0 Å². The van der Waals surface area contributed by atoms with Crippen LogP contribution in [0.5, 0.6) is 5.75 Å². The maximum absolute atomic E-state index is 10.9. The third-order valence-electron chi connectivity index (χ3n) is 1.66. The molecule has 0 aromatic heterocycles. The molecule has 0 radical (unpaired) electrons. The van der Waals surface area contributed by atoms with Crippen molar-refractivity contribution in [1.29, 1.82) is 0 Å². The van der Waals surface area contributed by atoms with Gasteiger partial charge in [-0.25, -0.2) is 0 Å². The van der Waals surface area contributed by atoms with Crippen LogP contribution in [0, 0.1) is 0 Å². The van der Waals surface area contributed by atoms with Crippen LogP contribution in [0.1, 0.15) is 0 Å². The number of aliphatic hydroxyl groups is 1. The Kier molecular flexibility index (Phi) is 4.20. The second-order valence-electron chi connectivity index (χ2n) is 2.67. The molecule has 0 heterocycles. The molecule has 0 spiro atoms. The number of carbonyl (C=O) groups excluding carboxylic acids is 1. The van der Waals surface area contributed by atoms with Crippen LogP contribution < -0.4 is 10.1 Å². The Hall–Kier alpha value is -0.970. The van der Waals surface area contributed by atoms with Crippen molar-refractivity contribution in [2.24, 2.45) is 0 Å². The van der Waals surface area contributed by atoms with E-state index in [0.717, 1.165) is 0 Å². The van der Waals surface area contributed by atoms with E-state index < -0.39 is 12.5 Å². The largest absolute Gasteiger partial charge is 0.495 e. The smallest absolute Gasteiger partial charge is 0.250 e. The van der Waals surface area contributed by atoms with Crippen molar-refractivity contribution >= 4 is 34.8 Å². The lowest BCUT2D eigenvalue weighted by Crippen LogP contribution is -2.15. The van der Waals surface area contributed by atoms with Crippen LogP contribution in [0.3, 0.4) is 0 Å². The van der Waals surface area contributed by atoms with Crippen LogP contribution in [0.25, 0.3) is 0 Å². The van der Waals surface area contributed by atoms with Gasteiger partial charge < -0.3 is 15.2 Å². The van der Waals surface area contributed by atoms with Crippen molar-refractivity contribution in [3.05, 3.63) is 22.2 Å². The summed E-state index contributed by atoms with van der Waals surface area (Å²) in [6.07, 6.45) is 0. The van der Waals surface area contributed by atoms with Gasteiger partial charge in [-0.15, -0.1) is 0 Å². The molecule has 15 heavy (non-hydrogen) atoms. The minimum Gasteiger partial charge on any atom is -0.495 e. The van der Waals surface area contributed by atoms with Crippen molar-refractivity contribution in [1.82, 2.24) is 0 Å². The molecule has 82 valence electrons. The van der Waals surface area contributed by atoms with Gasteiger partial charge in [0.25, 0.3) is 0 Å². The van der Waals surface area contributed by atoms with Gasteiger partial charge in [0.05, 0.1) is 22.8 Å². The Bertz CT molecular complexity index is 382. The highest BCUT2D eigenvalue weighted by atomic mass is 35.5. The molecule has 0 aliphatic carbocycles. The summed E-state index contributed by atoms with van der Waals surface area (Å²) in [6.45, 7) is -0.611. The summed E-state index contributed by atoms with van der Waals surface area (Å²) < 4.78 is 4.93. The van der Waals surface area contributed by atoms with Crippen LogP contribution in [0.2, 0.25) is 10.0 Å². The highest BCUT2D eigenvalue weighted by Crippen LogP contribution is 2.33. The molecular weight excluding hydrogens is 241 g/mol. The molecule has 0 fully saturated rings. The highest BCUT2D eigenvalue weighted by Gasteiger charge is 2.09. The fourth-order valence-corrected chi connectivity index (χ4v) is 1.41. The van der Waals surface area contributed by atoms with Gasteiger partial charge in [-0.1, -0.05) is 23.2 Å². The first-order valence-corrected chi connectivity index (χ1v) is 4.77. The predicted octanol–water partition coefficient (Wildman–Crippen LogP) is 1.93.